The molecule has 1 unspecified atom stereocenters. The molecule has 2 N–H and O–H groups in total. The van der Waals surface area contributed by atoms with Gasteiger partial charge in [0.05, 0.1) is 6.10 Å². The van der Waals surface area contributed by atoms with E-state index in [4.69, 9.17) is 5.11 Å². The smallest absolute Gasteiger partial charge is 0.303 e. The molecule has 1 heterocycles. The molecule has 0 saturated carbocycles. The van der Waals surface area contributed by atoms with Crippen molar-refractivity contribution in [3.05, 3.63) is 0 Å². The van der Waals surface area contributed by atoms with Crippen LogP contribution in [0.25, 0.3) is 0 Å². The summed E-state index contributed by atoms with van der Waals surface area (Å²) in [6.45, 7) is 2.63. The summed E-state index contributed by atoms with van der Waals surface area (Å²) in [5.74, 6) is -0.721. The number of aliphatic hydroxyl groups excluding tert-OH is 1. The zero-order chi connectivity index (χ0) is 9.68. The van der Waals surface area contributed by atoms with Crippen molar-refractivity contribution in [1.29, 1.82) is 0 Å². The molecule has 0 bridgehead atoms. The molecule has 1 aliphatic heterocycles. The third-order valence-corrected chi connectivity index (χ3v) is 2.36. The second-order valence-corrected chi connectivity index (χ2v) is 3.59. The van der Waals surface area contributed by atoms with Gasteiger partial charge in [-0.3, -0.25) is 4.79 Å². The Morgan fingerprint density at radius 2 is 2.23 bits per heavy atom. The lowest BCUT2D eigenvalue weighted by Gasteiger charge is -2.13. The van der Waals surface area contributed by atoms with E-state index in [1.165, 1.54) is 0 Å². The molecule has 0 aromatic heterocycles. The van der Waals surface area contributed by atoms with Crippen molar-refractivity contribution in [2.24, 2.45) is 0 Å². The van der Waals surface area contributed by atoms with Gasteiger partial charge in [0, 0.05) is 19.5 Å². The first-order chi connectivity index (χ1) is 6.18. The molecule has 1 rings (SSSR count). The van der Waals surface area contributed by atoms with Crippen molar-refractivity contribution in [3.8, 4) is 0 Å². The monoisotopic (exact) mass is 187 g/mol. The van der Waals surface area contributed by atoms with Crippen LogP contribution in [0.2, 0.25) is 0 Å². The third-order valence-electron chi connectivity index (χ3n) is 2.36. The second kappa shape index (κ2) is 5.19. The number of nitrogens with zero attached hydrogens (tertiary/aromatic N) is 1. The minimum Gasteiger partial charge on any atom is -0.481 e. The SMILES string of the molecule is O=C(O)CCCCN1CCC(O)C1. The molecule has 76 valence electrons. The highest BCUT2D eigenvalue weighted by atomic mass is 16.4. The maximum absolute atomic E-state index is 10.2. The van der Waals surface area contributed by atoms with Gasteiger partial charge in [0.25, 0.3) is 0 Å². The molecule has 0 amide bonds. The number of carbonyl (C=O) groups is 1. The Morgan fingerprint density at radius 1 is 1.46 bits per heavy atom. The van der Waals surface area contributed by atoms with Crippen LogP contribution < -0.4 is 0 Å². The predicted molar refractivity (Wildman–Crippen MR) is 48.6 cm³/mol. The molecule has 13 heavy (non-hydrogen) atoms. The molecule has 0 aliphatic carbocycles. The lowest BCUT2D eigenvalue weighted by atomic mass is 10.2. The number of carboxylic acid groups (broad SMARTS) is 1. The molecule has 1 fully saturated rings. The number of aliphatic hydroxyl groups is 1. The van der Waals surface area contributed by atoms with E-state index in [1.807, 2.05) is 0 Å². The number of hydrogen-bond acceptors (Lipinski definition) is 3. The summed E-state index contributed by atoms with van der Waals surface area (Å²) in [7, 11) is 0. The Balaban J connectivity index is 1.97. The van der Waals surface area contributed by atoms with E-state index in [9.17, 15) is 9.90 Å². The molecule has 0 aromatic rings. The van der Waals surface area contributed by atoms with Gasteiger partial charge in [-0.05, 0) is 25.8 Å². The fourth-order valence-electron chi connectivity index (χ4n) is 1.63. The molecule has 0 radical (unpaired) electrons. The summed E-state index contributed by atoms with van der Waals surface area (Å²) in [6.07, 6.45) is 2.61. The number of β-amino-alcohol motifs (C(OH)–C–C–N with tert-alkyl or cyclic N) is 1. The lowest BCUT2D eigenvalue weighted by molar-refractivity contribution is -0.137. The highest BCUT2D eigenvalue weighted by molar-refractivity contribution is 5.66. The Hall–Kier alpha value is -0.610. The Bertz CT molecular complexity index is 172. The summed E-state index contributed by atoms with van der Waals surface area (Å²) in [4.78, 5) is 12.4. The number of aliphatic carboxylic acids is 1. The van der Waals surface area contributed by atoms with Gasteiger partial charge in [-0.15, -0.1) is 0 Å². The topological polar surface area (TPSA) is 60.8 Å². The molecular weight excluding hydrogens is 170 g/mol. The van der Waals surface area contributed by atoms with Gasteiger partial charge in [0.15, 0.2) is 0 Å². The molecule has 1 aliphatic rings. The number of carboxylic acids is 1. The molecular formula is C9H17NO3. The molecule has 1 atom stereocenters. The molecule has 0 aromatic carbocycles. The first-order valence-corrected chi connectivity index (χ1v) is 4.80. The van der Waals surface area contributed by atoms with Gasteiger partial charge < -0.3 is 15.1 Å². The molecule has 4 nitrogen and oxygen atoms in total. The van der Waals surface area contributed by atoms with E-state index in [0.29, 0.717) is 0 Å². The van der Waals surface area contributed by atoms with E-state index in [0.717, 1.165) is 38.9 Å². The quantitative estimate of drug-likeness (QED) is 0.608. The van der Waals surface area contributed by atoms with Crippen LogP contribution in [0.1, 0.15) is 25.7 Å². The van der Waals surface area contributed by atoms with Crippen molar-refractivity contribution >= 4 is 5.97 Å². The summed E-state index contributed by atoms with van der Waals surface area (Å²) >= 11 is 0. The van der Waals surface area contributed by atoms with Gasteiger partial charge in [-0.2, -0.15) is 0 Å². The van der Waals surface area contributed by atoms with E-state index >= 15 is 0 Å². The van der Waals surface area contributed by atoms with Crippen LogP contribution in [0.5, 0.6) is 0 Å². The summed E-state index contributed by atoms with van der Waals surface area (Å²) < 4.78 is 0. The predicted octanol–water partition coefficient (Wildman–Crippen LogP) is 0.308. The fraction of sp³-hybridized carbons (Fsp3) is 0.889. The Morgan fingerprint density at radius 3 is 2.77 bits per heavy atom. The van der Waals surface area contributed by atoms with Crippen molar-refractivity contribution in [2.75, 3.05) is 19.6 Å². The zero-order valence-electron chi connectivity index (χ0n) is 7.78. The summed E-state index contributed by atoms with van der Waals surface area (Å²) in [5, 5.41) is 17.6. The van der Waals surface area contributed by atoms with Crippen LogP contribution in [0.3, 0.4) is 0 Å². The summed E-state index contributed by atoms with van der Waals surface area (Å²) in [5.41, 5.74) is 0. The maximum Gasteiger partial charge on any atom is 0.303 e. The minimum atomic E-state index is -0.721. The van der Waals surface area contributed by atoms with Crippen LogP contribution in [0.15, 0.2) is 0 Å². The average Bonchev–Trinajstić information content (AvgIpc) is 2.45. The van der Waals surface area contributed by atoms with Crippen molar-refractivity contribution in [3.63, 3.8) is 0 Å². The first-order valence-electron chi connectivity index (χ1n) is 4.80. The highest BCUT2D eigenvalue weighted by Crippen LogP contribution is 2.09. The van der Waals surface area contributed by atoms with E-state index in [2.05, 4.69) is 4.90 Å². The van der Waals surface area contributed by atoms with Crippen molar-refractivity contribution in [1.82, 2.24) is 4.90 Å². The molecule has 0 spiro atoms. The van der Waals surface area contributed by atoms with Gasteiger partial charge in [0.1, 0.15) is 0 Å². The van der Waals surface area contributed by atoms with Crippen LogP contribution in [-0.2, 0) is 4.79 Å². The molecule has 1 saturated heterocycles. The van der Waals surface area contributed by atoms with Crippen LogP contribution in [0.4, 0.5) is 0 Å². The maximum atomic E-state index is 10.2. The van der Waals surface area contributed by atoms with Gasteiger partial charge >= 0.3 is 5.97 Å². The second-order valence-electron chi connectivity index (χ2n) is 3.59. The number of rotatable bonds is 5. The van der Waals surface area contributed by atoms with E-state index in [1.54, 1.807) is 0 Å². The normalized spacial score (nSPS) is 23.6. The van der Waals surface area contributed by atoms with E-state index in [-0.39, 0.29) is 12.5 Å². The van der Waals surface area contributed by atoms with Crippen LogP contribution in [-0.4, -0.2) is 46.8 Å². The van der Waals surface area contributed by atoms with E-state index < -0.39 is 5.97 Å². The van der Waals surface area contributed by atoms with Gasteiger partial charge in [0.2, 0.25) is 0 Å². The van der Waals surface area contributed by atoms with Gasteiger partial charge in [-0.25, -0.2) is 0 Å². The average molecular weight is 187 g/mol. The lowest BCUT2D eigenvalue weighted by Crippen LogP contribution is -2.23. The number of unbranched alkanes of at least 4 members (excludes halogenated alkanes) is 1. The van der Waals surface area contributed by atoms with Crippen LogP contribution >= 0.6 is 0 Å². The number of hydrogen-bond donors (Lipinski definition) is 2. The summed E-state index contributed by atoms with van der Waals surface area (Å²) in [6, 6.07) is 0. The largest absolute Gasteiger partial charge is 0.481 e. The third kappa shape index (κ3) is 4.24. The number of likely N-dealkylation sites (tertiary alicyclic amines) is 1. The molecule has 4 heteroatoms. The van der Waals surface area contributed by atoms with Gasteiger partial charge in [-0.1, -0.05) is 0 Å². The highest BCUT2D eigenvalue weighted by Gasteiger charge is 2.18. The van der Waals surface area contributed by atoms with Crippen molar-refractivity contribution in [2.45, 2.75) is 31.8 Å². The van der Waals surface area contributed by atoms with Crippen LogP contribution in [0, 0.1) is 0 Å². The first kappa shape index (κ1) is 10.5. The minimum absolute atomic E-state index is 0.167. The van der Waals surface area contributed by atoms with Crippen molar-refractivity contribution < 1.29 is 15.0 Å². The Kier molecular flexibility index (Phi) is 4.18. The Labute approximate surface area is 78.2 Å². The zero-order valence-corrected chi connectivity index (χ0v) is 7.78. The standard InChI is InChI=1S/C9H17NO3/c11-8-4-6-10(7-8)5-2-1-3-9(12)13/h8,11H,1-7H2,(H,12,13). The fourth-order valence-corrected chi connectivity index (χ4v) is 1.63.